The fraction of sp³-hybridized carbons (Fsp3) is 0.243. The number of hydrogen-bond donors (Lipinski definition) is 1. The molecule has 0 spiro atoms. The summed E-state index contributed by atoms with van der Waals surface area (Å²) >= 11 is 0. The SMILES string of the molecule is CC1(C)c2cc(BOC(C)(C)C(C)(C)O)ccc2-n2c3ccccc3c3ccc(-c4cccc5ccccc45)c1c32. The lowest BCUT2D eigenvalue weighted by atomic mass is 9.69. The van der Waals surface area contributed by atoms with E-state index in [2.05, 4.69) is 115 Å². The van der Waals surface area contributed by atoms with Gasteiger partial charge in [0.1, 0.15) is 0 Å². The van der Waals surface area contributed by atoms with Crippen LogP contribution in [0.4, 0.5) is 0 Å². The third kappa shape index (κ3) is 3.81. The van der Waals surface area contributed by atoms with E-state index >= 15 is 0 Å². The molecule has 204 valence electrons. The number of aliphatic hydroxyl groups is 1. The molecule has 1 N–H and O–H groups in total. The maximum Gasteiger partial charge on any atom is 0.309 e. The topological polar surface area (TPSA) is 34.4 Å². The molecule has 0 bridgehead atoms. The molecule has 0 radical (unpaired) electrons. The summed E-state index contributed by atoms with van der Waals surface area (Å²) in [4.78, 5) is 0. The molecule has 1 aliphatic rings. The molecule has 0 unspecified atom stereocenters. The summed E-state index contributed by atoms with van der Waals surface area (Å²) < 4.78 is 8.78. The molecule has 41 heavy (non-hydrogen) atoms. The number of aromatic nitrogens is 1. The van der Waals surface area contributed by atoms with Crippen LogP contribution in [-0.4, -0.2) is 28.4 Å². The summed E-state index contributed by atoms with van der Waals surface area (Å²) in [7, 11) is 0.431. The zero-order valence-electron chi connectivity index (χ0n) is 24.7. The number of para-hydroxylation sites is 1. The normalized spacial score (nSPS) is 14.5. The minimum absolute atomic E-state index is 0.271. The molecule has 2 heterocycles. The Kier molecular flexibility index (Phi) is 5.61. The van der Waals surface area contributed by atoms with Gasteiger partial charge in [0, 0.05) is 16.2 Å². The number of rotatable bonds is 5. The van der Waals surface area contributed by atoms with Gasteiger partial charge in [-0.15, -0.1) is 0 Å². The van der Waals surface area contributed by atoms with E-state index in [1.807, 2.05) is 13.8 Å². The summed E-state index contributed by atoms with van der Waals surface area (Å²) in [6.07, 6.45) is 0. The Bertz CT molecular complexity index is 1990. The number of benzene rings is 5. The van der Waals surface area contributed by atoms with Gasteiger partial charge in [0.2, 0.25) is 0 Å². The van der Waals surface area contributed by atoms with Crippen molar-refractivity contribution in [3.63, 3.8) is 0 Å². The van der Waals surface area contributed by atoms with Crippen molar-refractivity contribution in [3.8, 4) is 16.8 Å². The lowest BCUT2D eigenvalue weighted by Gasteiger charge is -2.38. The molecule has 0 saturated carbocycles. The molecule has 0 amide bonds. The number of nitrogens with zero attached hydrogens (tertiary/aromatic N) is 1. The molecule has 7 rings (SSSR count). The fourth-order valence-electron chi connectivity index (χ4n) is 6.57. The minimum atomic E-state index is -0.956. The molecular formula is C37H36BNO2. The summed E-state index contributed by atoms with van der Waals surface area (Å²) in [6, 6.07) is 35.5. The van der Waals surface area contributed by atoms with E-state index in [0.29, 0.717) is 7.48 Å². The molecule has 3 nitrogen and oxygen atoms in total. The average molecular weight is 538 g/mol. The van der Waals surface area contributed by atoms with Crippen LogP contribution in [0.1, 0.15) is 52.7 Å². The van der Waals surface area contributed by atoms with Gasteiger partial charge in [-0.05, 0) is 72.9 Å². The first-order chi connectivity index (χ1) is 19.5. The fourth-order valence-corrected chi connectivity index (χ4v) is 6.57. The van der Waals surface area contributed by atoms with E-state index in [-0.39, 0.29) is 5.41 Å². The molecular weight excluding hydrogens is 501 g/mol. The predicted octanol–water partition coefficient (Wildman–Crippen LogP) is 7.79. The quantitative estimate of drug-likeness (QED) is 0.228. The van der Waals surface area contributed by atoms with Gasteiger partial charge in [0.25, 0.3) is 0 Å². The Hall–Kier alpha value is -3.86. The maximum atomic E-state index is 10.7. The second-order valence-electron chi connectivity index (χ2n) is 13.1. The Balaban J connectivity index is 1.50. The van der Waals surface area contributed by atoms with E-state index in [9.17, 15) is 5.11 Å². The third-order valence-electron chi connectivity index (χ3n) is 9.59. The van der Waals surface area contributed by atoms with Crippen molar-refractivity contribution >= 4 is 45.5 Å². The highest BCUT2D eigenvalue weighted by Gasteiger charge is 2.39. The molecule has 0 atom stereocenters. The van der Waals surface area contributed by atoms with Crippen LogP contribution in [0.3, 0.4) is 0 Å². The molecule has 4 heteroatoms. The van der Waals surface area contributed by atoms with Crippen molar-refractivity contribution < 1.29 is 9.76 Å². The lowest BCUT2D eigenvalue weighted by Crippen LogP contribution is -2.49. The summed E-state index contributed by atoms with van der Waals surface area (Å²) in [5.74, 6) is 0. The average Bonchev–Trinajstić information content (AvgIpc) is 3.28. The van der Waals surface area contributed by atoms with Crippen molar-refractivity contribution in [1.82, 2.24) is 4.57 Å². The molecule has 0 fully saturated rings. The molecule has 1 aliphatic heterocycles. The van der Waals surface area contributed by atoms with Gasteiger partial charge in [-0.25, -0.2) is 0 Å². The van der Waals surface area contributed by atoms with E-state index < -0.39 is 11.2 Å². The second kappa shape index (κ2) is 8.82. The van der Waals surface area contributed by atoms with Crippen molar-refractivity contribution in [1.29, 1.82) is 0 Å². The third-order valence-corrected chi connectivity index (χ3v) is 9.59. The monoisotopic (exact) mass is 537 g/mol. The maximum absolute atomic E-state index is 10.7. The van der Waals surface area contributed by atoms with Crippen molar-refractivity contribution in [2.45, 2.75) is 58.2 Å². The van der Waals surface area contributed by atoms with Crippen LogP contribution in [-0.2, 0) is 10.1 Å². The van der Waals surface area contributed by atoms with E-state index in [4.69, 9.17) is 4.65 Å². The largest absolute Gasteiger partial charge is 0.427 e. The highest BCUT2D eigenvalue weighted by Crippen LogP contribution is 2.51. The first-order valence-corrected chi connectivity index (χ1v) is 14.5. The highest BCUT2D eigenvalue weighted by atomic mass is 16.5. The molecule has 5 aromatic carbocycles. The van der Waals surface area contributed by atoms with Gasteiger partial charge >= 0.3 is 7.48 Å². The van der Waals surface area contributed by atoms with Gasteiger partial charge < -0.3 is 14.3 Å². The van der Waals surface area contributed by atoms with Gasteiger partial charge in [0.15, 0.2) is 0 Å². The van der Waals surface area contributed by atoms with Crippen LogP contribution in [0, 0.1) is 0 Å². The first kappa shape index (κ1) is 26.1. The van der Waals surface area contributed by atoms with Crippen molar-refractivity contribution in [2.75, 3.05) is 0 Å². The summed E-state index contributed by atoms with van der Waals surface area (Å²) in [5.41, 5.74) is 8.10. The van der Waals surface area contributed by atoms with Gasteiger partial charge in [-0.1, -0.05) is 104 Å². The zero-order chi connectivity index (χ0) is 28.7. The van der Waals surface area contributed by atoms with Crippen LogP contribution in [0.15, 0.2) is 97.1 Å². The van der Waals surface area contributed by atoms with Crippen molar-refractivity contribution in [3.05, 3.63) is 108 Å². The van der Waals surface area contributed by atoms with Crippen LogP contribution in [0.5, 0.6) is 0 Å². The zero-order valence-corrected chi connectivity index (χ0v) is 24.7. The van der Waals surface area contributed by atoms with Gasteiger partial charge in [-0.2, -0.15) is 0 Å². The molecule has 1 aromatic heterocycles. The van der Waals surface area contributed by atoms with Crippen LogP contribution in [0.2, 0.25) is 0 Å². The summed E-state index contributed by atoms with van der Waals surface area (Å²) in [5, 5.41) is 15.7. The van der Waals surface area contributed by atoms with Crippen LogP contribution >= 0.6 is 0 Å². The van der Waals surface area contributed by atoms with Crippen molar-refractivity contribution in [2.24, 2.45) is 0 Å². The standard InChI is InChI=1S/C37H36BNO2/c1-35(2)30-22-24(38-41-37(5,6)36(3,4)40)18-21-32(30)39-31-17-10-9-15-27(31)29-20-19-28(33(35)34(29)39)26-16-11-13-23-12-7-8-14-25(23)26/h7-22,38,40H,1-6H3. The smallest absolute Gasteiger partial charge is 0.309 e. The Morgan fingerprint density at radius 2 is 1.44 bits per heavy atom. The molecule has 0 aliphatic carbocycles. The van der Waals surface area contributed by atoms with Crippen LogP contribution < -0.4 is 5.46 Å². The number of fused-ring (bicyclic) bond motifs is 6. The highest BCUT2D eigenvalue weighted by molar-refractivity contribution is 6.47. The van der Waals surface area contributed by atoms with E-state index in [1.165, 1.54) is 60.5 Å². The second-order valence-corrected chi connectivity index (χ2v) is 13.1. The van der Waals surface area contributed by atoms with Crippen LogP contribution in [0.25, 0.3) is 49.4 Å². The molecule has 0 saturated heterocycles. The van der Waals surface area contributed by atoms with E-state index in [0.717, 1.165) is 5.46 Å². The van der Waals surface area contributed by atoms with E-state index in [1.54, 1.807) is 13.8 Å². The Morgan fingerprint density at radius 1 is 0.732 bits per heavy atom. The Labute approximate surface area is 242 Å². The van der Waals surface area contributed by atoms with Gasteiger partial charge in [0.05, 0.1) is 27.9 Å². The first-order valence-electron chi connectivity index (χ1n) is 14.5. The Morgan fingerprint density at radius 3 is 2.22 bits per heavy atom. The minimum Gasteiger partial charge on any atom is -0.427 e. The predicted molar refractivity (Wildman–Crippen MR) is 174 cm³/mol. The molecule has 6 aromatic rings. The summed E-state index contributed by atoms with van der Waals surface area (Å²) in [6.45, 7) is 12.2. The lowest BCUT2D eigenvalue weighted by molar-refractivity contribution is -0.0893. The van der Waals surface area contributed by atoms with Gasteiger partial charge in [-0.3, -0.25) is 0 Å². The number of hydrogen-bond acceptors (Lipinski definition) is 2.